The Labute approximate surface area is 209 Å². The van der Waals surface area contributed by atoms with Crippen molar-refractivity contribution in [2.75, 3.05) is 0 Å². The largest absolute Gasteiger partial charge is 0.509 e. The first-order valence-corrected chi connectivity index (χ1v) is 11.7. The van der Waals surface area contributed by atoms with Gasteiger partial charge in [0.25, 0.3) is 0 Å². The van der Waals surface area contributed by atoms with Gasteiger partial charge in [0.15, 0.2) is 23.1 Å². The summed E-state index contributed by atoms with van der Waals surface area (Å²) in [5, 5.41) is 44.9. The van der Waals surface area contributed by atoms with E-state index < -0.39 is 74.1 Å². The van der Waals surface area contributed by atoms with Crippen LogP contribution in [0.1, 0.15) is 41.5 Å². The van der Waals surface area contributed by atoms with Crippen LogP contribution in [0, 0.1) is 22.7 Å². The van der Waals surface area contributed by atoms with Crippen molar-refractivity contribution in [1.29, 1.82) is 0 Å². The predicted octanol–water partition coefficient (Wildman–Crippen LogP) is 2.94. The van der Waals surface area contributed by atoms with E-state index in [-0.39, 0.29) is 5.57 Å². The monoisotopic (exact) mass is 496 g/mol. The van der Waals surface area contributed by atoms with Crippen LogP contribution in [0.2, 0.25) is 0 Å². The average Bonchev–Trinajstić information content (AvgIpc) is 2.81. The summed E-state index contributed by atoms with van der Waals surface area (Å²) in [4.78, 5) is 55.7. The summed E-state index contributed by atoms with van der Waals surface area (Å²) in [7, 11) is 0. The number of hydrogen-bond donors (Lipinski definition) is 4. The molecule has 0 amide bonds. The van der Waals surface area contributed by atoms with E-state index in [0.29, 0.717) is 0 Å². The number of ketones is 4. The number of hydrogen-bond acceptors (Lipinski definition) is 8. The molecular weight excluding hydrogens is 464 g/mol. The molecule has 0 saturated heterocycles. The number of aliphatic hydroxyl groups is 4. The molecule has 4 rings (SSSR count). The Bertz CT molecular complexity index is 1240. The van der Waals surface area contributed by atoms with Crippen LogP contribution in [0.4, 0.5) is 0 Å². The fourth-order valence-corrected chi connectivity index (χ4v) is 6.42. The lowest BCUT2D eigenvalue weighted by atomic mass is 9.32. The molecule has 0 spiro atoms. The topological polar surface area (TPSA) is 149 Å². The Hall–Kier alpha value is -3.36. The molecule has 4 N–H and O–H groups in total. The molecular formula is C28H32O8. The fraction of sp³-hybridized carbons (Fsp3) is 0.429. The number of Topliss-reactive ketones (excluding diaryl/α,β-unsaturated/α-hetero) is 3. The van der Waals surface area contributed by atoms with E-state index >= 15 is 0 Å². The van der Waals surface area contributed by atoms with E-state index in [4.69, 9.17) is 0 Å². The number of allylic oxidation sites excluding steroid dienone is 9. The molecule has 0 aliphatic heterocycles. The summed E-state index contributed by atoms with van der Waals surface area (Å²) in [6, 6.07) is 0. The highest BCUT2D eigenvalue weighted by Gasteiger charge is 2.85. The van der Waals surface area contributed by atoms with Crippen molar-refractivity contribution in [3.63, 3.8) is 0 Å². The second kappa shape index (κ2) is 8.64. The highest BCUT2D eigenvalue weighted by atomic mass is 16.3. The van der Waals surface area contributed by atoms with Gasteiger partial charge in [0.05, 0.1) is 0 Å². The van der Waals surface area contributed by atoms with Crippen LogP contribution in [-0.4, -0.2) is 54.8 Å². The number of carbonyl (C=O) groups excluding carboxylic acids is 4. The number of rotatable bonds is 5. The summed E-state index contributed by atoms with van der Waals surface area (Å²) in [6.45, 7) is 8.03. The van der Waals surface area contributed by atoms with Crippen molar-refractivity contribution >= 4 is 23.1 Å². The van der Waals surface area contributed by atoms with E-state index in [2.05, 4.69) is 0 Å². The predicted molar refractivity (Wildman–Crippen MR) is 132 cm³/mol. The van der Waals surface area contributed by atoms with Gasteiger partial charge < -0.3 is 20.4 Å². The van der Waals surface area contributed by atoms with Crippen LogP contribution in [0.15, 0.2) is 71.3 Å². The van der Waals surface area contributed by atoms with E-state index in [9.17, 15) is 39.6 Å². The van der Waals surface area contributed by atoms with Gasteiger partial charge in [0.2, 0.25) is 0 Å². The van der Waals surface area contributed by atoms with Crippen LogP contribution in [0.3, 0.4) is 0 Å². The Balaban J connectivity index is 2.56. The SMILES string of the molecule is C/C=C\C=C\C(=O)C12C(=O)C(C)=C(O)C(C)(O)C1C1C(=C(O)/C=C/C=C/C)C(=O)C2(C)C(=O)C1(C)O. The van der Waals surface area contributed by atoms with E-state index in [1.165, 1.54) is 38.2 Å². The molecule has 4 aliphatic rings. The molecule has 0 aromatic carbocycles. The normalized spacial score (nSPS) is 40.4. The molecule has 8 heteroatoms. The van der Waals surface area contributed by atoms with Gasteiger partial charge in [-0.3, -0.25) is 19.2 Å². The third-order valence-electron chi connectivity index (χ3n) is 8.03. The lowest BCUT2D eigenvalue weighted by molar-refractivity contribution is -0.222. The first kappa shape index (κ1) is 27.2. The van der Waals surface area contributed by atoms with Crippen LogP contribution in [-0.2, 0) is 19.2 Å². The second-order valence-electron chi connectivity index (χ2n) is 10.1. The summed E-state index contributed by atoms with van der Waals surface area (Å²) in [5.74, 6) is -8.63. The standard InChI is InChI=1S/C28H32O8/c1-7-9-11-13-16(29)18-19-20-27(6,36)21(31)15(3)22(32)28(20,17(30)14-12-10-8-2)25(4,23(18)33)24(34)26(19,5)35/h7-14,19-20,29,31,35-36H,1-6H3/b9-7+,10-8-,13-11+,14-12+,18-16?. The molecule has 4 aliphatic carbocycles. The van der Waals surface area contributed by atoms with Gasteiger partial charge in [-0.05, 0) is 53.7 Å². The van der Waals surface area contributed by atoms with E-state index in [0.717, 1.165) is 19.9 Å². The minimum atomic E-state index is -2.49. The quantitative estimate of drug-likeness (QED) is 0.196. The zero-order valence-corrected chi connectivity index (χ0v) is 21.2. The van der Waals surface area contributed by atoms with Gasteiger partial charge in [0, 0.05) is 23.0 Å². The Morgan fingerprint density at radius 3 is 1.92 bits per heavy atom. The molecule has 3 fully saturated rings. The molecule has 8 nitrogen and oxygen atoms in total. The van der Waals surface area contributed by atoms with Crippen molar-refractivity contribution in [3.05, 3.63) is 71.3 Å². The third-order valence-corrected chi connectivity index (χ3v) is 8.03. The molecule has 36 heavy (non-hydrogen) atoms. The van der Waals surface area contributed by atoms with Crippen LogP contribution >= 0.6 is 0 Å². The molecule has 6 atom stereocenters. The molecule has 3 saturated carbocycles. The molecule has 192 valence electrons. The lowest BCUT2D eigenvalue weighted by Gasteiger charge is -2.66. The molecule has 6 unspecified atom stereocenters. The lowest BCUT2D eigenvalue weighted by Crippen LogP contribution is -2.82. The summed E-state index contributed by atoms with van der Waals surface area (Å²) in [5.41, 5.74) is -10.4. The minimum absolute atomic E-state index is 0.360. The zero-order valence-electron chi connectivity index (χ0n) is 21.2. The average molecular weight is 497 g/mol. The van der Waals surface area contributed by atoms with Gasteiger partial charge >= 0.3 is 0 Å². The summed E-state index contributed by atoms with van der Waals surface area (Å²) < 4.78 is 0. The number of carbonyl (C=O) groups is 4. The first-order valence-electron chi connectivity index (χ1n) is 11.7. The van der Waals surface area contributed by atoms with Crippen LogP contribution in [0.5, 0.6) is 0 Å². The van der Waals surface area contributed by atoms with E-state index in [1.807, 2.05) is 0 Å². The Morgan fingerprint density at radius 1 is 0.861 bits per heavy atom. The number of aliphatic hydroxyl groups excluding tert-OH is 2. The number of fused-ring (bicyclic) bond motifs is 2. The second-order valence-corrected chi connectivity index (χ2v) is 10.1. The Morgan fingerprint density at radius 2 is 1.39 bits per heavy atom. The van der Waals surface area contributed by atoms with Crippen molar-refractivity contribution in [2.24, 2.45) is 22.7 Å². The van der Waals surface area contributed by atoms with Gasteiger partial charge in [-0.2, -0.15) is 0 Å². The fourth-order valence-electron chi connectivity index (χ4n) is 6.42. The van der Waals surface area contributed by atoms with Crippen LogP contribution in [0.25, 0.3) is 0 Å². The highest BCUT2D eigenvalue weighted by Crippen LogP contribution is 2.70. The Kier molecular flexibility index (Phi) is 6.53. The van der Waals surface area contributed by atoms with Gasteiger partial charge in [-0.25, -0.2) is 0 Å². The minimum Gasteiger partial charge on any atom is -0.509 e. The van der Waals surface area contributed by atoms with Crippen LogP contribution < -0.4 is 0 Å². The summed E-state index contributed by atoms with van der Waals surface area (Å²) >= 11 is 0. The molecule has 0 radical (unpaired) electrons. The first-order chi connectivity index (χ1) is 16.6. The smallest absolute Gasteiger partial charge is 0.179 e. The van der Waals surface area contributed by atoms with Gasteiger partial charge in [0.1, 0.15) is 33.6 Å². The zero-order chi connectivity index (χ0) is 27.4. The molecule has 0 heterocycles. The maximum absolute atomic E-state index is 14.0. The van der Waals surface area contributed by atoms with Crippen molar-refractivity contribution in [1.82, 2.24) is 0 Å². The highest BCUT2D eigenvalue weighted by molar-refractivity contribution is 6.33. The maximum atomic E-state index is 14.0. The third kappa shape index (κ3) is 3.07. The van der Waals surface area contributed by atoms with Gasteiger partial charge in [-0.1, -0.05) is 36.5 Å². The van der Waals surface area contributed by atoms with Crippen molar-refractivity contribution in [3.8, 4) is 0 Å². The summed E-state index contributed by atoms with van der Waals surface area (Å²) in [6.07, 6.45) is 11.4. The van der Waals surface area contributed by atoms with Gasteiger partial charge in [-0.15, -0.1) is 0 Å². The molecule has 0 aromatic rings. The van der Waals surface area contributed by atoms with E-state index in [1.54, 1.807) is 32.1 Å². The molecule has 2 bridgehead atoms. The van der Waals surface area contributed by atoms with Crippen molar-refractivity contribution < 1.29 is 39.6 Å². The van der Waals surface area contributed by atoms with Crippen molar-refractivity contribution in [2.45, 2.75) is 52.7 Å². The maximum Gasteiger partial charge on any atom is 0.179 e. The molecule has 0 aromatic heterocycles.